The Bertz CT molecular complexity index is 1030. The topological polar surface area (TPSA) is 82.9 Å². The van der Waals surface area contributed by atoms with Crippen molar-refractivity contribution in [3.05, 3.63) is 33.4 Å². The molecule has 1 N–H and O–H groups in total. The molecule has 1 amide bonds. The van der Waals surface area contributed by atoms with Crippen LogP contribution in [0.3, 0.4) is 0 Å². The van der Waals surface area contributed by atoms with Gasteiger partial charge in [-0.05, 0) is 46.0 Å². The molecule has 2 aromatic rings. The summed E-state index contributed by atoms with van der Waals surface area (Å²) in [6, 6.07) is 2.46. The number of carbonyl (C=O) groups excluding carboxylic acids is 1. The number of nitrogens with zero attached hydrogens (tertiary/aromatic N) is 4. The number of nitrogens with one attached hydrogen (secondary N) is 1. The molecule has 2 fully saturated rings. The van der Waals surface area contributed by atoms with E-state index in [1.54, 1.807) is 4.52 Å². The minimum atomic E-state index is 0.0309. The highest BCUT2D eigenvalue weighted by Gasteiger charge is 2.28. The van der Waals surface area contributed by atoms with E-state index in [1.165, 1.54) is 0 Å². The number of aromatic amines is 1. The number of aromatic nitrogens is 3. The van der Waals surface area contributed by atoms with Crippen LogP contribution in [0.2, 0.25) is 0 Å². The monoisotopic (exact) mass is 441 g/mol. The summed E-state index contributed by atoms with van der Waals surface area (Å²) in [5.74, 6) is 0.568. The lowest BCUT2D eigenvalue weighted by Crippen LogP contribution is -2.40. The number of fused-ring (bicyclic) bond motifs is 2. The Morgan fingerprint density at radius 2 is 2.06 bits per heavy atom. The molecule has 2 aromatic heterocycles. The second-order valence-electron chi connectivity index (χ2n) is 9.89. The molecule has 0 unspecified atom stereocenters. The lowest BCUT2D eigenvalue weighted by Gasteiger charge is -2.31. The van der Waals surface area contributed by atoms with Crippen molar-refractivity contribution in [1.82, 2.24) is 24.4 Å². The van der Waals surface area contributed by atoms with E-state index < -0.39 is 0 Å². The van der Waals surface area contributed by atoms with E-state index in [2.05, 4.69) is 23.8 Å². The lowest BCUT2D eigenvalue weighted by molar-refractivity contribution is -0.132. The predicted molar refractivity (Wildman–Crippen MR) is 122 cm³/mol. The summed E-state index contributed by atoms with van der Waals surface area (Å²) in [6.07, 6.45) is 6.54. The molecule has 0 spiro atoms. The number of carbonyl (C=O) groups is 1. The molecule has 0 saturated carbocycles. The van der Waals surface area contributed by atoms with Crippen LogP contribution < -0.4 is 5.56 Å². The quantitative estimate of drug-likeness (QED) is 0.771. The van der Waals surface area contributed by atoms with E-state index in [4.69, 9.17) is 9.72 Å². The van der Waals surface area contributed by atoms with E-state index in [0.29, 0.717) is 24.9 Å². The first-order valence-corrected chi connectivity index (χ1v) is 12.3. The number of amides is 1. The molecule has 1 atom stereocenters. The van der Waals surface area contributed by atoms with E-state index in [0.717, 1.165) is 87.4 Å². The van der Waals surface area contributed by atoms with Crippen LogP contribution in [-0.4, -0.2) is 68.7 Å². The van der Waals surface area contributed by atoms with Gasteiger partial charge < -0.3 is 9.64 Å². The van der Waals surface area contributed by atoms with Gasteiger partial charge in [0.05, 0.1) is 17.4 Å². The third-order valence-corrected chi connectivity index (χ3v) is 7.53. The molecule has 8 nitrogen and oxygen atoms in total. The van der Waals surface area contributed by atoms with Gasteiger partial charge in [-0.1, -0.05) is 0 Å². The minimum absolute atomic E-state index is 0.0309. The van der Waals surface area contributed by atoms with Gasteiger partial charge in [0, 0.05) is 69.3 Å². The zero-order valence-electron chi connectivity index (χ0n) is 19.3. The van der Waals surface area contributed by atoms with Crippen LogP contribution in [-0.2, 0) is 22.5 Å². The smallest absolute Gasteiger partial charge is 0.277 e. The number of H-pyrrole nitrogens is 1. The standard InChI is InChI=1S/C24H35N5O3/c1-16(2)28-12-9-20-19(15-28)24(31)29-22(25-20)14-21(26-29)17-7-10-27(11-8-17)23(30)6-5-18-4-3-13-32-18/h14,16-18,26H,3-13,15H2,1-2H3/t18-/m1/s1. The minimum Gasteiger partial charge on any atom is -0.378 e. The van der Waals surface area contributed by atoms with Crippen molar-refractivity contribution in [3.63, 3.8) is 0 Å². The second kappa shape index (κ2) is 8.98. The Hall–Kier alpha value is -2.19. The van der Waals surface area contributed by atoms with Crippen LogP contribution >= 0.6 is 0 Å². The van der Waals surface area contributed by atoms with Gasteiger partial charge in [0.2, 0.25) is 5.91 Å². The normalized spacial score (nSPS) is 22.7. The Labute approximate surface area is 188 Å². The van der Waals surface area contributed by atoms with Crippen LogP contribution in [0, 0.1) is 0 Å². The number of rotatable bonds is 5. The summed E-state index contributed by atoms with van der Waals surface area (Å²) in [6.45, 7) is 8.33. The average Bonchev–Trinajstić information content (AvgIpc) is 3.47. The maximum Gasteiger partial charge on any atom is 0.277 e. The van der Waals surface area contributed by atoms with E-state index >= 15 is 0 Å². The molecule has 0 aliphatic carbocycles. The Morgan fingerprint density at radius 1 is 1.25 bits per heavy atom. The third kappa shape index (κ3) is 4.22. The SMILES string of the molecule is CC(C)N1CCc2nc3cc(C4CCN(C(=O)CC[C@H]5CCCO5)CC4)[nH]n3c(=O)c2C1. The molecule has 8 heteroatoms. The maximum atomic E-state index is 13.2. The number of hydrogen-bond acceptors (Lipinski definition) is 5. The van der Waals surface area contributed by atoms with Crippen molar-refractivity contribution < 1.29 is 9.53 Å². The molecule has 5 rings (SSSR count). The second-order valence-corrected chi connectivity index (χ2v) is 9.89. The van der Waals surface area contributed by atoms with Crippen LogP contribution in [0.1, 0.15) is 75.2 Å². The van der Waals surface area contributed by atoms with Crippen LogP contribution in [0.25, 0.3) is 5.65 Å². The Balaban J connectivity index is 1.24. The summed E-state index contributed by atoms with van der Waals surface area (Å²) in [5.41, 5.74) is 3.58. The highest BCUT2D eigenvalue weighted by atomic mass is 16.5. The highest BCUT2D eigenvalue weighted by Crippen LogP contribution is 2.28. The van der Waals surface area contributed by atoms with E-state index in [-0.39, 0.29) is 17.6 Å². The zero-order valence-corrected chi connectivity index (χ0v) is 19.3. The molecular weight excluding hydrogens is 406 g/mol. The molecule has 3 aliphatic rings. The third-order valence-electron chi connectivity index (χ3n) is 7.53. The van der Waals surface area contributed by atoms with Crippen molar-refractivity contribution in [2.24, 2.45) is 0 Å². The Kier molecular flexibility index (Phi) is 6.07. The molecular formula is C24H35N5O3. The first-order valence-electron chi connectivity index (χ1n) is 12.3. The van der Waals surface area contributed by atoms with Gasteiger partial charge >= 0.3 is 0 Å². The van der Waals surface area contributed by atoms with Gasteiger partial charge in [0.25, 0.3) is 5.56 Å². The van der Waals surface area contributed by atoms with E-state index in [1.807, 2.05) is 11.0 Å². The largest absolute Gasteiger partial charge is 0.378 e. The number of likely N-dealkylation sites (tertiary alicyclic amines) is 1. The van der Waals surface area contributed by atoms with Crippen molar-refractivity contribution >= 4 is 11.6 Å². The van der Waals surface area contributed by atoms with Gasteiger partial charge in [0.15, 0.2) is 5.65 Å². The summed E-state index contributed by atoms with van der Waals surface area (Å²) >= 11 is 0. The summed E-state index contributed by atoms with van der Waals surface area (Å²) < 4.78 is 7.27. The van der Waals surface area contributed by atoms with Crippen molar-refractivity contribution in [2.45, 2.75) is 83.4 Å². The predicted octanol–water partition coefficient (Wildman–Crippen LogP) is 2.45. The molecule has 3 aliphatic heterocycles. The van der Waals surface area contributed by atoms with Crippen molar-refractivity contribution in [3.8, 4) is 0 Å². The zero-order chi connectivity index (χ0) is 22.2. The molecule has 0 radical (unpaired) electrons. The lowest BCUT2D eigenvalue weighted by atomic mass is 9.93. The fraction of sp³-hybridized carbons (Fsp3) is 0.708. The van der Waals surface area contributed by atoms with Crippen molar-refractivity contribution in [1.29, 1.82) is 0 Å². The fourth-order valence-electron chi connectivity index (χ4n) is 5.43. The highest BCUT2D eigenvalue weighted by molar-refractivity contribution is 5.76. The Morgan fingerprint density at radius 3 is 2.78 bits per heavy atom. The van der Waals surface area contributed by atoms with Gasteiger partial charge in [-0.3, -0.25) is 19.6 Å². The summed E-state index contributed by atoms with van der Waals surface area (Å²) in [7, 11) is 0. The summed E-state index contributed by atoms with van der Waals surface area (Å²) in [5, 5.41) is 3.34. The van der Waals surface area contributed by atoms with Gasteiger partial charge in [-0.25, -0.2) is 9.50 Å². The van der Waals surface area contributed by atoms with Crippen molar-refractivity contribution in [2.75, 3.05) is 26.2 Å². The fourth-order valence-corrected chi connectivity index (χ4v) is 5.43. The molecule has 2 saturated heterocycles. The molecule has 174 valence electrons. The van der Waals surface area contributed by atoms with Gasteiger partial charge in [-0.2, -0.15) is 0 Å². The molecule has 0 aromatic carbocycles. The average molecular weight is 442 g/mol. The number of ether oxygens (including phenoxy) is 1. The number of hydrogen-bond donors (Lipinski definition) is 1. The molecule has 0 bridgehead atoms. The van der Waals surface area contributed by atoms with Gasteiger partial charge in [0.1, 0.15) is 0 Å². The van der Waals surface area contributed by atoms with Crippen LogP contribution in [0.4, 0.5) is 0 Å². The van der Waals surface area contributed by atoms with Crippen LogP contribution in [0.15, 0.2) is 10.9 Å². The first kappa shape index (κ1) is 21.6. The van der Waals surface area contributed by atoms with Crippen LogP contribution in [0.5, 0.6) is 0 Å². The molecule has 5 heterocycles. The van der Waals surface area contributed by atoms with Gasteiger partial charge in [-0.15, -0.1) is 0 Å². The maximum absolute atomic E-state index is 13.2. The first-order chi connectivity index (χ1) is 15.5. The molecule has 32 heavy (non-hydrogen) atoms. The van der Waals surface area contributed by atoms with E-state index in [9.17, 15) is 9.59 Å². The number of piperidine rings is 1. The summed E-state index contributed by atoms with van der Waals surface area (Å²) in [4.78, 5) is 34.9.